The molecule has 1 unspecified atom stereocenters. The third kappa shape index (κ3) is 4.46. The molecule has 1 aromatic heterocycles. The maximum absolute atomic E-state index is 4.32. The lowest BCUT2D eigenvalue weighted by Gasteiger charge is -2.28. The summed E-state index contributed by atoms with van der Waals surface area (Å²) in [5, 5.41) is 7.68. The first kappa shape index (κ1) is 14.2. The van der Waals surface area contributed by atoms with Crippen molar-refractivity contribution in [2.75, 3.05) is 13.1 Å². The van der Waals surface area contributed by atoms with Crippen LogP contribution < -0.4 is 5.32 Å². The van der Waals surface area contributed by atoms with Gasteiger partial charge in [-0.1, -0.05) is 27.7 Å². The molecule has 0 aliphatic rings. The van der Waals surface area contributed by atoms with Gasteiger partial charge >= 0.3 is 0 Å². The smallest absolute Gasteiger partial charge is 0.138 e. The first-order chi connectivity index (χ1) is 7.97. The zero-order valence-corrected chi connectivity index (χ0v) is 11.8. The first-order valence-corrected chi connectivity index (χ1v) is 6.50. The molecule has 0 saturated carbocycles. The summed E-state index contributed by atoms with van der Waals surface area (Å²) in [5.41, 5.74) is 0.260. The summed E-state index contributed by atoms with van der Waals surface area (Å²) in [6, 6.07) is 0. The molecule has 0 saturated heterocycles. The molecule has 0 radical (unpaired) electrons. The molecule has 1 N–H and O–H groups in total. The van der Waals surface area contributed by atoms with Gasteiger partial charge < -0.3 is 5.32 Å². The minimum absolute atomic E-state index is 0.260. The molecule has 98 valence electrons. The molecule has 0 aliphatic heterocycles. The summed E-state index contributed by atoms with van der Waals surface area (Å²) >= 11 is 0. The van der Waals surface area contributed by atoms with Gasteiger partial charge in [0, 0.05) is 20.0 Å². The minimum atomic E-state index is 0.260. The number of rotatable bonds is 7. The lowest BCUT2D eigenvalue weighted by Crippen LogP contribution is -2.35. The summed E-state index contributed by atoms with van der Waals surface area (Å²) in [6.07, 6.45) is 3.75. The van der Waals surface area contributed by atoms with Gasteiger partial charge in [-0.15, -0.1) is 0 Å². The maximum Gasteiger partial charge on any atom is 0.138 e. The maximum atomic E-state index is 4.32. The highest BCUT2D eigenvalue weighted by molar-refractivity contribution is 4.92. The van der Waals surface area contributed by atoms with Crippen LogP contribution in [0.3, 0.4) is 0 Å². The van der Waals surface area contributed by atoms with Crippen LogP contribution in [0.1, 0.15) is 39.9 Å². The highest BCUT2D eigenvalue weighted by atomic mass is 15.3. The van der Waals surface area contributed by atoms with Gasteiger partial charge in [-0.3, -0.25) is 4.68 Å². The van der Waals surface area contributed by atoms with Crippen LogP contribution in [0.2, 0.25) is 0 Å². The van der Waals surface area contributed by atoms with Crippen LogP contribution >= 0.6 is 0 Å². The van der Waals surface area contributed by atoms with E-state index in [4.69, 9.17) is 0 Å². The number of aryl methyl sites for hydroxylation is 1. The molecule has 1 rings (SSSR count). The molecular formula is C13H26N4. The van der Waals surface area contributed by atoms with Crippen LogP contribution in [0.25, 0.3) is 0 Å². The largest absolute Gasteiger partial charge is 0.316 e. The van der Waals surface area contributed by atoms with Gasteiger partial charge in [-0.25, -0.2) is 4.98 Å². The topological polar surface area (TPSA) is 42.7 Å². The molecule has 0 amide bonds. The SMILES string of the molecule is CCC(C)(CNCC(C)C)Cc1ncnn1C. The predicted octanol–water partition coefficient (Wildman–Crippen LogP) is 2.02. The first-order valence-electron chi connectivity index (χ1n) is 6.50. The van der Waals surface area contributed by atoms with Crippen LogP contribution in [-0.2, 0) is 13.5 Å². The molecule has 1 atom stereocenters. The zero-order valence-electron chi connectivity index (χ0n) is 11.8. The van der Waals surface area contributed by atoms with Crippen molar-refractivity contribution < 1.29 is 0 Å². The second-order valence-electron chi connectivity index (χ2n) is 5.67. The van der Waals surface area contributed by atoms with Gasteiger partial charge in [0.2, 0.25) is 0 Å². The van der Waals surface area contributed by atoms with E-state index in [0.29, 0.717) is 5.92 Å². The average Bonchev–Trinajstić information content (AvgIpc) is 2.64. The van der Waals surface area contributed by atoms with E-state index in [1.54, 1.807) is 6.33 Å². The Labute approximate surface area is 105 Å². The summed E-state index contributed by atoms with van der Waals surface area (Å²) in [6.45, 7) is 11.1. The van der Waals surface area contributed by atoms with E-state index in [1.165, 1.54) is 0 Å². The van der Waals surface area contributed by atoms with Crippen LogP contribution in [0, 0.1) is 11.3 Å². The second-order valence-corrected chi connectivity index (χ2v) is 5.67. The van der Waals surface area contributed by atoms with Crippen LogP contribution in [-0.4, -0.2) is 27.9 Å². The monoisotopic (exact) mass is 238 g/mol. The van der Waals surface area contributed by atoms with Gasteiger partial charge in [0.25, 0.3) is 0 Å². The predicted molar refractivity (Wildman–Crippen MR) is 70.8 cm³/mol. The number of hydrogen-bond acceptors (Lipinski definition) is 3. The van der Waals surface area contributed by atoms with Crippen LogP contribution in [0.15, 0.2) is 6.33 Å². The van der Waals surface area contributed by atoms with E-state index in [1.807, 2.05) is 11.7 Å². The van der Waals surface area contributed by atoms with Gasteiger partial charge in [-0.2, -0.15) is 5.10 Å². The average molecular weight is 238 g/mol. The molecule has 4 heteroatoms. The van der Waals surface area contributed by atoms with Gasteiger partial charge in [-0.05, 0) is 24.3 Å². The van der Waals surface area contributed by atoms with Crippen LogP contribution in [0.4, 0.5) is 0 Å². The fourth-order valence-corrected chi connectivity index (χ4v) is 1.84. The molecule has 0 aromatic carbocycles. The Hall–Kier alpha value is -0.900. The molecular weight excluding hydrogens is 212 g/mol. The Morgan fingerprint density at radius 2 is 2.18 bits per heavy atom. The molecule has 0 aliphatic carbocycles. The molecule has 0 fully saturated rings. The Morgan fingerprint density at radius 1 is 1.47 bits per heavy atom. The van der Waals surface area contributed by atoms with E-state index >= 15 is 0 Å². The molecule has 1 heterocycles. The third-order valence-electron chi connectivity index (χ3n) is 3.35. The van der Waals surface area contributed by atoms with Crippen molar-refractivity contribution in [3.8, 4) is 0 Å². The number of hydrogen-bond donors (Lipinski definition) is 1. The fraction of sp³-hybridized carbons (Fsp3) is 0.846. The Morgan fingerprint density at radius 3 is 2.65 bits per heavy atom. The molecule has 1 aromatic rings. The standard InChI is InChI=1S/C13H26N4/c1-6-13(4,9-14-8-11(2)3)7-12-15-10-16-17(12)5/h10-11,14H,6-9H2,1-5H3. The van der Waals surface area contributed by atoms with Crippen molar-refractivity contribution in [1.82, 2.24) is 20.1 Å². The zero-order chi connectivity index (χ0) is 12.9. The van der Waals surface area contributed by atoms with Gasteiger partial charge in [0.1, 0.15) is 12.2 Å². The van der Waals surface area contributed by atoms with Gasteiger partial charge in [0.15, 0.2) is 0 Å². The molecule has 0 bridgehead atoms. The molecule has 0 spiro atoms. The van der Waals surface area contributed by atoms with Crippen molar-refractivity contribution in [3.63, 3.8) is 0 Å². The summed E-state index contributed by atoms with van der Waals surface area (Å²) in [5.74, 6) is 1.77. The molecule has 17 heavy (non-hydrogen) atoms. The number of aromatic nitrogens is 3. The van der Waals surface area contributed by atoms with E-state index in [9.17, 15) is 0 Å². The summed E-state index contributed by atoms with van der Waals surface area (Å²) in [7, 11) is 1.96. The van der Waals surface area contributed by atoms with E-state index in [0.717, 1.165) is 31.8 Å². The number of nitrogens with zero attached hydrogens (tertiary/aromatic N) is 3. The molecule has 4 nitrogen and oxygen atoms in total. The van der Waals surface area contributed by atoms with Gasteiger partial charge in [0.05, 0.1) is 0 Å². The highest BCUT2D eigenvalue weighted by Crippen LogP contribution is 2.24. The van der Waals surface area contributed by atoms with Crippen molar-refractivity contribution >= 4 is 0 Å². The van der Waals surface area contributed by atoms with Crippen molar-refractivity contribution in [3.05, 3.63) is 12.2 Å². The lowest BCUT2D eigenvalue weighted by atomic mass is 9.83. The van der Waals surface area contributed by atoms with E-state index < -0.39 is 0 Å². The summed E-state index contributed by atoms with van der Waals surface area (Å²) in [4.78, 5) is 4.32. The van der Waals surface area contributed by atoms with Crippen molar-refractivity contribution in [2.45, 2.75) is 40.5 Å². The second kappa shape index (κ2) is 6.15. The Kier molecular flexibility index (Phi) is 5.12. The van der Waals surface area contributed by atoms with Crippen molar-refractivity contribution in [1.29, 1.82) is 0 Å². The fourth-order valence-electron chi connectivity index (χ4n) is 1.84. The van der Waals surface area contributed by atoms with Crippen LogP contribution in [0.5, 0.6) is 0 Å². The Bertz CT molecular complexity index is 332. The number of nitrogens with one attached hydrogen (secondary N) is 1. The third-order valence-corrected chi connectivity index (χ3v) is 3.35. The highest BCUT2D eigenvalue weighted by Gasteiger charge is 2.24. The Balaban J connectivity index is 2.53. The normalized spacial score (nSPS) is 15.2. The van der Waals surface area contributed by atoms with E-state index in [2.05, 4.69) is 43.1 Å². The minimum Gasteiger partial charge on any atom is -0.316 e. The lowest BCUT2D eigenvalue weighted by molar-refractivity contribution is 0.276. The van der Waals surface area contributed by atoms with E-state index in [-0.39, 0.29) is 5.41 Å². The quantitative estimate of drug-likeness (QED) is 0.790. The van der Waals surface area contributed by atoms with Crippen molar-refractivity contribution in [2.24, 2.45) is 18.4 Å². The summed E-state index contributed by atoms with van der Waals surface area (Å²) < 4.78 is 1.87.